The van der Waals surface area contributed by atoms with Crippen molar-refractivity contribution >= 4 is 10.9 Å². The molecule has 1 aromatic heterocycles. The van der Waals surface area contributed by atoms with Crippen LogP contribution in [0.2, 0.25) is 0 Å². The van der Waals surface area contributed by atoms with Crippen molar-refractivity contribution < 1.29 is 4.74 Å². The highest BCUT2D eigenvalue weighted by molar-refractivity contribution is 5.87. The van der Waals surface area contributed by atoms with Crippen LogP contribution in [-0.2, 0) is 6.54 Å². The van der Waals surface area contributed by atoms with Crippen molar-refractivity contribution in [3.05, 3.63) is 30.0 Å². The fourth-order valence-electron chi connectivity index (χ4n) is 2.00. The first-order valence-electron chi connectivity index (χ1n) is 5.87. The Morgan fingerprint density at radius 2 is 2.24 bits per heavy atom. The maximum Gasteiger partial charge on any atom is 0.120 e. The van der Waals surface area contributed by atoms with Gasteiger partial charge in [0.05, 0.1) is 18.2 Å². The molecule has 0 aliphatic carbocycles. The monoisotopic (exact) mass is 228 g/mol. The van der Waals surface area contributed by atoms with E-state index < -0.39 is 0 Å². The number of fused-ring (bicyclic) bond motifs is 1. The standard InChI is InChI=1S/C14H16N2O/c1-3-4-7-16-10-11(9-15)13-6-5-12(17-2)8-14(13)16/h5-6,8,10H,3-4,7H2,1-2H3. The van der Waals surface area contributed by atoms with Gasteiger partial charge in [0.15, 0.2) is 0 Å². The van der Waals surface area contributed by atoms with Gasteiger partial charge in [-0.2, -0.15) is 5.26 Å². The SMILES string of the molecule is CCCCn1cc(C#N)c2ccc(OC)cc21. The van der Waals surface area contributed by atoms with E-state index in [1.54, 1.807) is 7.11 Å². The van der Waals surface area contributed by atoms with E-state index in [0.29, 0.717) is 0 Å². The third-order valence-electron chi connectivity index (χ3n) is 2.96. The smallest absolute Gasteiger partial charge is 0.120 e. The van der Waals surface area contributed by atoms with Crippen LogP contribution < -0.4 is 4.74 Å². The summed E-state index contributed by atoms with van der Waals surface area (Å²) < 4.78 is 7.37. The van der Waals surface area contributed by atoms with Crippen molar-refractivity contribution in [2.24, 2.45) is 0 Å². The van der Waals surface area contributed by atoms with Crippen molar-refractivity contribution in [3.8, 4) is 11.8 Å². The summed E-state index contributed by atoms with van der Waals surface area (Å²) in [5.74, 6) is 0.831. The third-order valence-corrected chi connectivity index (χ3v) is 2.96. The zero-order valence-corrected chi connectivity index (χ0v) is 10.2. The highest BCUT2D eigenvalue weighted by Crippen LogP contribution is 2.25. The largest absolute Gasteiger partial charge is 0.497 e. The van der Waals surface area contributed by atoms with Gasteiger partial charge in [-0.3, -0.25) is 0 Å². The molecule has 3 nitrogen and oxygen atoms in total. The summed E-state index contributed by atoms with van der Waals surface area (Å²) in [5.41, 5.74) is 1.81. The van der Waals surface area contributed by atoms with E-state index >= 15 is 0 Å². The minimum atomic E-state index is 0.735. The van der Waals surface area contributed by atoms with Gasteiger partial charge in [0.25, 0.3) is 0 Å². The Labute approximate surface area is 101 Å². The van der Waals surface area contributed by atoms with Crippen LogP contribution in [0.1, 0.15) is 25.3 Å². The van der Waals surface area contributed by atoms with Crippen molar-refractivity contribution in [1.82, 2.24) is 4.57 Å². The molecular formula is C14H16N2O. The van der Waals surface area contributed by atoms with Gasteiger partial charge >= 0.3 is 0 Å². The lowest BCUT2D eigenvalue weighted by Gasteiger charge is -2.05. The molecule has 0 bridgehead atoms. The Hall–Kier alpha value is -1.95. The predicted octanol–water partition coefficient (Wildman–Crippen LogP) is 3.32. The minimum absolute atomic E-state index is 0.735. The van der Waals surface area contributed by atoms with E-state index in [0.717, 1.165) is 41.6 Å². The average molecular weight is 228 g/mol. The summed E-state index contributed by atoms with van der Waals surface area (Å²) >= 11 is 0. The van der Waals surface area contributed by atoms with Gasteiger partial charge in [-0.25, -0.2) is 0 Å². The Morgan fingerprint density at radius 3 is 2.88 bits per heavy atom. The zero-order chi connectivity index (χ0) is 12.3. The van der Waals surface area contributed by atoms with Crippen LogP contribution in [0.4, 0.5) is 0 Å². The van der Waals surface area contributed by atoms with Crippen LogP contribution in [0.25, 0.3) is 10.9 Å². The number of hydrogen-bond donors (Lipinski definition) is 0. The molecule has 1 heterocycles. The number of benzene rings is 1. The minimum Gasteiger partial charge on any atom is -0.497 e. The lowest BCUT2D eigenvalue weighted by atomic mass is 10.2. The maximum absolute atomic E-state index is 9.11. The lowest BCUT2D eigenvalue weighted by Crippen LogP contribution is -1.95. The number of methoxy groups -OCH3 is 1. The van der Waals surface area contributed by atoms with Crippen LogP contribution in [0.3, 0.4) is 0 Å². The summed E-state index contributed by atoms with van der Waals surface area (Å²) in [5, 5.41) is 10.1. The first-order chi connectivity index (χ1) is 8.30. The first kappa shape index (κ1) is 11.5. The van der Waals surface area contributed by atoms with E-state index in [1.165, 1.54) is 0 Å². The van der Waals surface area contributed by atoms with Gasteiger partial charge < -0.3 is 9.30 Å². The Bertz CT molecular complexity index is 563. The molecule has 0 unspecified atom stereocenters. The van der Waals surface area contributed by atoms with E-state index in [2.05, 4.69) is 17.6 Å². The molecule has 2 rings (SSSR count). The van der Waals surface area contributed by atoms with Crippen LogP contribution >= 0.6 is 0 Å². The quantitative estimate of drug-likeness (QED) is 0.805. The number of aromatic nitrogens is 1. The molecule has 1 aromatic carbocycles. The second kappa shape index (κ2) is 4.92. The normalized spacial score (nSPS) is 10.4. The van der Waals surface area contributed by atoms with Crippen molar-refractivity contribution in [2.75, 3.05) is 7.11 Å². The molecular weight excluding hydrogens is 212 g/mol. The second-order valence-electron chi connectivity index (χ2n) is 4.08. The lowest BCUT2D eigenvalue weighted by molar-refractivity contribution is 0.415. The van der Waals surface area contributed by atoms with E-state index in [-0.39, 0.29) is 0 Å². The maximum atomic E-state index is 9.11. The van der Waals surface area contributed by atoms with Gasteiger partial charge in [-0.15, -0.1) is 0 Å². The van der Waals surface area contributed by atoms with Gasteiger partial charge in [-0.1, -0.05) is 13.3 Å². The van der Waals surface area contributed by atoms with Crippen LogP contribution in [0, 0.1) is 11.3 Å². The number of aryl methyl sites for hydroxylation is 1. The summed E-state index contributed by atoms with van der Waals surface area (Å²) in [7, 11) is 1.66. The number of hydrogen-bond acceptors (Lipinski definition) is 2. The number of nitriles is 1. The summed E-state index contributed by atoms with van der Waals surface area (Å²) in [6.07, 6.45) is 4.19. The summed E-state index contributed by atoms with van der Waals surface area (Å²) in [6, 6.07) is 8.08. The molecule has 0 amide bonds. The molecule has 0 spiro atoms. The van der Waals surface area contributed by atoms with Crippen molar-refractivity contribution in [3.63, 3.8) is 0 Å². The van der Waals surface area contributed by atoms with Crippen LogP contribution in [-0.4, -0.2) is 11.7 Å². The van der Waals surface area contributed by atoms with Gasteiger partial charge in [0, 0.05) is 24.2 Å². The summed E-state index contributed by atoms with van der Waals surface area (Å²) in [6.45, 7) is 3.11. The molecule has 0 radical (unpaired) electrons. The Kier molecular flexibility index (Phi) is 3.34. The Morgan fingerprint density at radius 1 is 1.41 bits per heavy atom. The second-order valence-corrected chi connectivity index (χ2v) is 4.08. The molecule has 0 saturated carbocycles. The van der Waals surface area contributed by atoms with Gasteiger partial charge in [0.1, 0.15) is 11.8 Å². The molecule has 0 aliphatic heterocycles. The first-order valence-corrected chi connectivity index (χ1v) is 5.87. The topological polar surface area (TPSA) is 38.0 Å². The number of ether oxygens (including phenoxy) is 1. The molecule has 2 aromatic rings. The van der Waals surface area contributed by atoms with Gasteiger partial charge in [0.2, 0.25) is 0 Å². The molecule has 0 atom stereocenters. The van der Waals surface area contributed by atoms with E-state index in [4.69, 9.17) is 10.00 Å². The predicted molar refractivity (Wildman–Crippen MR) is 68.1 cm³/mol. The highest BCUT2D eigenvalue weighted by atomic mass is 16.5. The summed E-state index contributed by atoms with van der Waals surface area (Å²) in [4.78, 5) is 0. The molecule has 3 heteroatoms. The molecule has 0 aliphatic rings. The van der Waals surface area contributed by atoms with Crippen LogP contribution in [0.15, 0.2) is 24.4 Å². The highest BCUT2D eigenvalue weighted by Gasteiger charge is 2.08. The fourth-order valence-corrected chi connectivity index (χ4v) is 2.00. The number of unbranched alkanes of at least 4 members (excludes halogenated alkanes) is 1. The Balaban J connectivity index is 2.54. The number of rotatable bonds is 4. The molecule has 0 N–H and O–H groups in total. The molecule has 17 heavy (non-hydrogen) atoms. The molecule has 0 fully saturated rings. The molecule has 88 valence electrons. The molecule has 0 saturated heterocycles. The average Bonchev–Trinajstić information content (AvgIpc) is 2.73. The van der Waals surface area contributed by atoms with E-state index in [9.17, 15) is 0 Å². The van der Waals surface area contributed by atoms with Crippen LogP contribution in [0.5, 0.6) is 5.75 Å². The number of nitrogens with zero attached hydrogens (tertiary/aromatic N) is 2. The van der Waals surface area contributed by atoms with E-state index in [1.807, 2.05) is 24.4 Å². The van der Waals surface area contributed by atoms with Crippen molar-refractivity contribution in [1.29, 1.82) is 5.26 Å². The fraction of sp³-hybridized carbons (Fsp3) is 0.357. The van der Waals surface area contributed by atoms with Crippen molar-refractivity contribution in [2.45, 2.75) is 26.3 Å². The zero-order valence-electron chi connectivity index (χ0n) is 10.2. The van der Waals surface area contributed by atoms with Gasteiger partial charge in [-0.05, 0) is 18.6 Å². The third kappa shape index (κ3) is 2.12.